The molecule has 0 spiro atoms. The molecule has 0 unspecified atom stereocenters. The topological polar surface area (TPSA) is 104 Å². The number of rotatable bonds is 6. The largest absolute Gasteiger partial charge is 0.379 e. The standard InChI is InChI=1S/C22H26N4O4S/c1-15(2)20(21-23-18-8-3-4-9-19(18)24-21)25-22(27)16-6-5-7-17(14-16)31(28,29)26-10-12-30-13-11-26/h3-9,14-15,20H,10-13H2,1-2H3,(H,23,24)(H,25,27)/t20-/m0/s1. The monoisotopic (exact) mass is 442 g/mol. The fourth-order valence-electron chi connectivity index (χ4n) is 3.63. The molecule has 31 heavy (non-hydrogen) atoms. The summed E-state index contributed by atoms with van der Waals surface area (Å²) in [4.78, 5) is 21.0. The second kappa shape index (κ2) is 8.78. The molecule has 2 N–H and O–H groups in total. The van der Waals surface area contributed by atoms with Gasteiger partial charge in [-0.3, -0.25) is 4.79 Å². The van der Waals surface area contributed by atoms with Crippen LogP contribution in [0.2, 0.25) is 0 Å². The number of carbonyl (C=O) groups excluding carboxylic acids is 1. The third-order valence-corrected chi connectivity index (χ3v) is 7.25. The highest BCUT2D eigenvalue weighted by atomic mass is 32.2. The first-order chi connectivity index (χ1) is 14.9. The number of carbonyl (C=O) groups is 1. The minimum Gasteiger partial charge on any atom is -0.379 e. The van der Waals surface area contributed by atoms with E-state index in [1.807, 2.05) is 38.1 Å². The van der Waals surface area contributed by atoms with Crippen molar-refractivity contribution in [1.82, 2.24) is 19.6 Å². The number of aromatic amines is 1. The van der Waals surface area contributed by atoms with Crippen LogP contribution in [0.1, 0.15) is 36.1 Å². The van der Waals surface area contributed by atoms with Gasteiger partial charge in [0.1, 0.15) is 5.82 Å². The molecule has 0 radical (unpaired) electrons. The molecule has 1 aliphatic heterocycles. The molecule has 3 aromatic rings. The van der Waals surface area contributed by atoms with Gasteiger partial charge in [-0.15, -0.1) is 0 Å². The third-order valence-electron chi connectivity index (χ3n) is 5.36. The first-order valence-corrected chi connectivity index (χ1v) is 11.7. The highest BCUT2D eigenvalue weighted by molar-refractivity contribution is 7.89. The lowest BCUT2D eigenvalue weighted by atomic mass is 10.0. The van der Waals surface area contributed by atoms with Gasteiger partial charge in [0.15, 0.2) is 0 Å². The number of nitrogens with one attached hydrogen (secondary N) is 2. The number of nitrogens with zero attached hydrogens (tertiary/aromatic N) is 2. The van der Waals surface area contributed by atoms with E-state index in [0.29, 0.717) is 32.1 Å². The number of amides is 1. The summed E-state index contributed by atoms with van der Waals surface area (Å²) in [6, 6.07) is 13.5. The molecule has 0 bridgehead atoms. The van der Waals surface area contributed by atoms with Crippen LogP contribution in [0.25, 0.3) is 11.0 Å². The maximum atomic E-state index is 13.0. The summed E-state index contributed by atoms with van der Waals surface area (Å²) in [6.45, 7) is 5.34. The van der Waals surface area contributed by atoms with E-state index < -0.39 is 10.0 Å². The maximum absolute atomic E-state index is 13.0. The van der Waals surface area contributed by atoms with E-state index in [9.17, 15) is 13.2 Å². The van der Waals surface area contributed by atoms with Crippen molar-refractivity contribution in [3.05, 3.63) is 59.9 Å². The second-order valence-corrected chi connectivity index (χ2v) is 9.82. The van der Waals surface area contributed by atoms with Crippen molar-refractivity contribution in [3.63, 3.8) is 0 Å². The van der Waals surface area contributed by atoms with Gasteiger partial charge in [-0.25, -0.2) is 13.4 Å². The van der Waals surface area contributed by atoms with Crippen LogP contribution >= 0.6 is 0 Å². The predicted octanol–water partition coefficient (Wildman–Crippen LogP) is 2.71. The summed E-state index contributed by atoms with van der Waals surface area (Å²) in [7, 11) is -3.68. The summed E-state index contributed by atoms with van der Waals surface area (Å²) in [5.41, 5.74) is 2.02. The van der Waals surface area contributed by atoms with Crippen LogP contribution < -0.4 is 5.32 Å². The summed E-state index contributed by atoms with van der Waals surface area (Å²) in [5.74, 6) is 0.393. The Labute approximate surface area is 181 Å². The third kappa shape index (κ3) is 4.48. The van der Waals surface area contributed by atoms with Gasteiger partial charge in [0.05, 0.1) is 35.2 Å². The number of hydrogen-bond acceptors (Lipinski definition) is 5. The highest BCUT2D eigenvalue weighted by Crippen LogP contribution is 2.24. The number of para-hydroxylation sites is 2. The van der Waals surface area contributed by atoms with Gasteiger partial charge in [0.2, 0.25) is 10.0 Å². The Kier molecular flexibility index (Phi) is 6.08. The molecule has 1 amide bonds. The molecule has 1 atom stereocenters. The molecule has 9 heteroatoms. The fraction of sp³-hybridized carbons (Fsp3) is 0.364. The maximum Gasteiger partial charge on any atom is 0.251 e. The Hall–Kier alpha value is -2.75. The van der Waals surface area contributed by atoms with Crippen molar-refractivity contribution in [3.8, 4) is 0 Å². The molecule has 2 heterocycles. The summed E-state index contributed by atoms with van der Waals surface area (Å²) >= 11 is 0. The number of ether oxygens (including phenoxy) is 1. The molecule has 4 rings (SSSR count). The van der Waals surface area contributed by atoms with Crippen LogP contribution in [-0.4, -0.2) is 54.9 Å². The zero-order chi connectivity index (χ0) is 22.0. The summed E-state index contributed by atoms with van der Waals surface area (Å²) in [6.07, 6.45) is 0. The van der Waals surface area contributed by atoms with Crippen LogP contribution in [0.3, 0.4) is 0 Å². The van der Waals surface area contributed by atoms with Crippen molar-refractivity contribution in [2.45, 2.75) is 24.8 Å². The van der Waals surface area contributed by atoms with Gasteiger partial charge in [-0.1, -0.05) is 32.0 Å². The van der Waals surface area contributed by atoms with Gasteiger partial charge in [-0.05, 0) is 36.2 Å². The zero-order valence-corrected chi connectivity index (χ0v) is 18.4. The summed E-state index contributed by atoms with van der Waals surface area (Å²) < 4.78 is 32.5. The number of morpholine rings is 1. The molecule has 1 fully saturated rings. The number of imidazole rings is 1. The lowest BCUT2D eigenvalue weighted by Gasteiger charge is -2.26. The lowest BCUT2D eigenvalue weighted by Crippen LogP contribution is -2.40. The lowest BCUT2D eigenvalue weighted by molar-refractivity contribution is 0.0730. The van der Waals surface area contributed by atoms with Gasteiger partial charge < -0.3 is 15.0 Å². The molecule has 2 aromatic carbocycles. The van der Waals surface area contributed by atoms with E-state index in [1.54, 1.807) is 12.1 Å². The molecular weight excluding hydrogens is 416 g/mol. The molecule has 8 nitrogen and oxygen atoms in total. The molecule has 0 saturated carbocycles. The Morgan fingerprint density at radius 1 is 1.13 bits per heavy atom. The summed E-state index contributed by atoms with van der Waals surface area (Å²) in [5, 5.41) is 3.01. The Morgan fingerprint density at radius 2 is 1.87 bits per heavy atom. The van der Waals surface area contributed by atoms with Gasteiger partial charge in [0, 0.05) is 18.7 Å². The van der Waals surface area contributed by atoms with E-state index in [2.05, 4.69) is 15.3 Å². The van der Waals surface area contributed by atoms with Crippen LogP contribution in [0.15, 0.2) is 53.4 Å². The van der Waals surface area contributed by atoms with Gasteiger partial charge in [-0.2, -0.15) is 4.31 Å². The van der Waals surface area contributed by atoms with Crippen molar-refractivity contribution in [1.29, 1.82) is 0 Å². The van der Waals surface area contributed by atoms with Gasteiger partial charge in [0.25, 0.3) is 5.91 Å². The number of sulfonamides is 1. The van der Waals surface area contributed by atoms with Crippen molar-refractivity contribution in [2.24, 2.45) is 5.92 Å². The number of H-pyrrole nitrogens is 1. The van der Waals surface area contributed by atoms with E-state index in [0.717, 1.165) is 11.0 Å². The van der Waals surface area contributed by atoms with E-state index >= 15 is 0 Å². The minimum atomic E-state index is -3.68. The van der Waals surface area contributed by atoms with E-state index in [-0.39, 0.29) is 28.3 Å². The number of aromatic nitrogens is 2. The zero-order valence-electron chi connectivity index (χ0n) is 17.5. The Bertz CT molecular complexity index is 1150. The number of benzene rings is 2. The Balaban J connectivity index is 1.57. The smallest absolute Gasteiger partial charge is 0.251 e. The van der Waals surface area contributed by atoms with Crippen molar-refractivity contribution >= 4 is 27.0 Å². The molecular formula is C22H26N4O4S. The first-order valence-electron chi connectivity index (χ1n) is 10.3. The van der Waals surface area contributed by atoms with Crippen molar-refractivity contribution < 1.29 is 17.9 Å². The molecule has 1 aromatic heterocycles. The average Bonchev–Trinajstić information content (AvgIpc) is 3.21. The van der Waals surface area contributed by atoms with Crippen molar-refractivity contribution in [2.75, 3.05) is 26.3 Å². The normalized spacial score (nSPS) is 16.5. The quantitative estimate of drug-likeness (QED) is 0.611. The van der Waals surface area contributed by atoms with Crippen LogP contribution in [0.5, 0.6) is 0 Å². The fourth-order valence-corrected chi connectivity index (χ4v) is 5.08. The van der Waals surface area contributed by atoms with Gasteiger partial charge >= 0.3 is 0 Å². The molecule has 0 aliphatic carbocycles. The highest BCUT2D eigenvalue weighted by Gasteiger charge is 2.28. The first kappa shape index (κ1) is 21.5. The van der Waals surface area contributed by atoms with Crippen LogP contribution in [0, 0.1) is 5.92 Å². The van der Waals surface area contributed by atoms with Crippen LogP contribution in [0.4, 0.5) is 0 Å². The number of hydrogen-bond donors (Lipinski definition) is 2. The van der Waals surface area contributed by atoms with Crippen LogP contribution in [-0.2, 0) is 14.8 Å². The molecule has 1 saturated heterocycles. The Morgan fingerprint density at radius 3 is 2.58 bits per heavy atom. The SMILES string of the molecule is CC(C)[C@H](NC(=O)c1cccc(S(=O)(=O)N2CCOCC2)c1)c1nc2ccccc2[nH]1. The predicted molar refractivity (Wildman–Crippen MR) is 117 cm³/mol. The average molecular weight is 443 g/mol. The molecule has 164 valence electrons. The van der Waals surface area contributed by atoms with E-state index in [4.69, 9.17) is 4.74 Å². The molecule has 1 aliphatic rings. The second-order valence-electron chi connectivity index (χ2n) is 7.88. The van der Waals surface area contributed by atoms with E-state index in [1.165, 1.54) is 16.4 Å². The number of fused-ring (bicyclic) bond motifs is 1. The minimum absolute atomic E-state index is 0.0739.